The predicted octanol–water partition coefficient (Wildman–Crippen LogP) is 2.14. The summed E-state index contributed by atoms with van der Waals surface area (Å²) in [5.74, 6) is -1.67. The van der Waals surface area contributed by atoms with E-state index in [4.69, 9.17) is 19.8 Å². The Hall–Kier alpha value is -2.57. The number of pyridine rings is 2. The molecule has 0 aliphatic heterocycles. The molecule has 0 fully saturated rings. The molecule has 7 nitrogen and oxygen atoms in total. The molecule has 0 saturated carbocycles. The fourth-order valence-electron chi connectivity index (χ4n) is 1.68. The van der Waals surface area contributed by atoms with Crippen molar-refractivity contribution >= 4 is 33.7 Å². The summed E-state index contributed by atoms with van der Waals surface area (Å²) in [6, 6.07) is 12.1. The number of rotatable bonds is 0. The summed E-state index contributed by atoms with van der Waals surface area (Å²) in [6.45, 7) is 2.17. The van der Waals surface area contributed by atoms with Crippen molar-refractivity contribution in [3.63, 3.8) is 0 Å². The maximum absolute atomic E-state index is 9.00. The zero-order chi connectivity index (χ0) is 16.5. The number of hydrogen-bond acceptors (Lipinski definition) is 4. The molecule has 4 N–H and O–H groups in total. The fourth-order valence-corrected chi connectivity index (χ4v) is 1.68. The summed E-state index contributed by atoms with van der Waals surface area (Å²) in [7, 11) is 0. The summed E-state index contributed by atoms with van der Waals surface area (Å²) in [4.78, 5) is 26.7. The Labute approximate surface area is 148 Å². The van der Waals surface area contributed by atoms with Gasteiger partial charge in [-0.05, 0) is 12.1 Å². The molecule has 0 aliphatic carbocycles. The normalized spacial score (nSPS) is 8.42. The number of carboxylic acid groups (broad SMARTS) is 2. The summed E-state index contributed by atoms with van der Waals surface area (Å²) >= 11 is 0. The third-order valence-corrected chi connectivity index (χ3v) is 2.34. The minimum atomic E-state index is -0.833. The maximum Gasteiger partial charge on any atom is 0.300 e. The van der Waals surface area contributed by atoms with Gasteiger partial charge in [0.25, 0.3) is 11.9 Å². The molecule has 0 amide bonds. The van der Waals surface area contributed by atoms with Gasteiger partial charge in [-0.2, -0.15) is 0 Å². The largest absolute Gasteiger partial charge is 0.481 e. The Balaban J connectivity index is 0. The van der Waals surface area contributed by atoms with Crippen LogP contribution < -0.4 is 0 Å². The number of hydrogen-bond donors (Lipinski definition) is 2. The van der Waals surface area contributed by atoms with Crippen molar-refractivity contribution in [2.24, 2.45) is 0 Å². The molecule has 0 saturated heterocycles. The Bertz CT molecular complexity index is 721. The van der Waals surface area contributed by atoms with Crippen molar-refractivity contribution in [1.82, 2.24) is 9.97 Å². The Morgan fingerprint density at radius 1 is 0.792 bits per heavy atom. The molecule has 0 unspecified atom stereocenters. The maximum atomic E-state index is 9.00. The van der Waals surface area contributed by atoms with Gasteiger partial charge in [-0.3, -0.25) is 19.6 Å². The van der Waals surface area contributed by atoms with Gasteiger partial charge in [0.15, 0.2) is 0 Å². The first kappa shape index (κ1) is 23.7. The molecule has 3 aromatic rings. The quantitative estimate of drug-likeness (QED) is 0.456. The summed E-state index contributed by atoms with van der Waals surface area (Å²) < 4.78 is 0. The summed E-state index contributed by atoms with van der Waals surface area (Å²) in [5.41, 5.74) is 1.95. The number of fused-ring (bicyclic) bond motifs is 3. The number of aromatic nitrogens is 2. The van der Waals surface area contributed by atoms with Crippen LogP contribution in [0.5, 0.6) is 0 Å². The van der Waals surface area contributed by atoms with Gasteiger partial charge >= 0.3 is 0 Å². The van der Waals surface area contributed by atoms with Crippen LogP contribution in [0.15, 0.2) is 48.8 Å². The molecule has 2 aromatic heterocycles. The van der Waals surface area contributed by atoms with Crippen LogP contribution in [-0.2, 0) is 26.1 Å². The Morgan fingerprint density at radius 3 is 1.38 bits per heavy atom. The van der Waals surface area contributed by atoms with E-state index in [9.17, 15) is 0 Å². The summed E-state index contributed by atoms with van der Waals surface area (Å²) in [6.07, 6.45) is 3.60. The van der Waals surface area contributed by atoms with Crippen LogP contribution in [0.1, 0.15) is 13.8 Å². The van der Waals surface area contributed by atoms with E-state index in [-0.39, 0.29) is 22.0 Å². The Kier molecular flexibility index (Phi) is 11.8. The van der Waals surface area contributed by atoms with Gasteiger partial charge in [-0.25, -0.2) is 0 Å². The molecule has 0 aliphatic rings. The minimum Gasteiger partial charge on any atom is -0.481 e. The van der Waals surface area contributed by atoms with E-state index in [0.29, 0.717) is 0 Å². The number of carbonyl (C=O) groups is 2. The second kappa shape index (κ2) is 11.9. The van der Waals surface area contributed by atoms with Gasteiger partial charge in [0, 0.05) is 53.5 Å². The van der Waals surface area contributed by atoms with E-state index in [1.54, 1.807) is 12.4 Å². The van der Waals surface area contributed by atoms with Crippen LogP contribution in [0, 0.1) is 0 Å². The third kappa shape index (κ3) is 8.17. The average Bonchev–Trinajstić information content (AvgIpc) is 2.46. The molecule has 8 heteroatoms. The van der Waals surface area contributed by atoms with Gasteiger partial charge in [-0.15, -0.1) is 0 Å². The van der Waals surface area contributed by atoms with Crippen molar-refractivity contribution in [3.8, 4) is 0 Å². The smallest absolute Gasteiger partial charge is 0.300 e. The van der Waals surface area contributed by atoms with Gasteiger partial charge in [-0.1, -0.05) is 24.3 Å². The van der Waals surface area contributed by atoms with Crippen molar-refractivity contribution < 1.29 is 41.8 Å². The SMILES string of the molecule is CC(=O)O.CC(=O)O.O.[Ni].c1cnc2c(c1)ccc1cccnc12. The molecular weight excluding hydrogens is 359 g/mol. The van der Waals surface area contributed by atoms with Gasteiger partial charge < -0.3 is 15.7 Å². The molecule has 132 valence electrons. The van der Waals surface area contributed by atoms with Crippen molar-refractivity contribution in [2.45, 2.75) is 13.8 Å². The van der Waals surface area contributed by atoms with E-state index < -0.39 is 11.9 Å². The number of benzene rings is 1. The first-order valence-electron chi connectivity index (χ1n) is 6.39. The zero-order valence-electron chi connectivity index (χ0n) is 13.0. The summed E-state index contributed by atoms with van der Waals surface area (Å²) in [5, 5.41) is 17.1. The second-order valence-corrected chi connectivity index (χ2v) is 4.25. The number of nitrogens with zero attached hydrogens (tertiary/aromatic N) is 2. The van der Waals surface area contributed by atoms with Crippen molar-refractivity contribution in [1.29, 1.82) is 0 Å². The molecule has 0 bridgehead atoms. The third-order valence-electron chi connectivity index (χ3n) is 2.34. The van der Waals surface area contributed by atoms with E-state index in [2.05, 4.69) is 34.2 Å². The molecule has 0 atom stereocenters. The van der Waals surface area contributed by atoms with Crippen LogP contribution in [0.3, 0.4) is 0 Å². The van der Waals surface area contributed by atoms with E-state index in [1.165, 1.54) is 0 Å². The molecule has 1 aromatic carbocycles. The van der Waals surface area contributed by atoms with Gasteiger partial charge in [0.1, 0.15) is 0 Å². The van der Waals surface area contributed by atoms with Crippen LogP contribution in [-0.4, -0.2) is 37.6 Å². The van der Waals surface area contributed by atoms with Crippen LogP contribution >= 0.6 is 0 Å². The van der Waals surface area contributed by atoms with Crippen molar-refractivity contribution in [2.75, 3.05) is 0 Å². The van der Waals surface area contributed by atoms with Crippen LogP contribution in [0.4, 0.5) is 0 Å². The van der Waals surface area contributed by atoms with E-state index in [1.807, 2.05) is 12.1 Å². The molecule has 0 spiro atoms. The Morgan fingerprint density at radius 2 is 1.08 bits per heavy atom. The average molecular weight is 377 g/mol. The van der Waals surface area contributed by atoms with Crippen molar-refractivity contribution in [3.05, 3.63) is 48.8 Å². The van der Waals surface area contributed by atoms with Crippen LogP contribution in [0.25, 0.3) is 21.8 Å². The predicted molar refractivity (Wildman–Crippen MR) is 87.3 cm³/mol. The zero-order valence-corrected chi connectivity index (χ0v) is 14.0. The second-order valence-electron chi connectivity index (χ2n) is 4.25. The minimum absolute atomic E-state index is 0. The molecule has 3 rings (SSSR count). The first-order chi connectivity index (χ1) is 10.4. The van der Waals surface area contributed by atoms with Gasteiger partial charge in [0.05, 0.1) is 11.0 Å². The first-order valence-corrected chi connectivity index (χ1v) is 6.39. The van der Waals surface area contributed by atoms with E-state index >= 15 is 0 Å². The van der Waals surface area contributed by atoms with Gasteiger partial charge in [0.2, 0.25) is 0 Å². The topological polar surface area (TPSA) is 132 Å². The monoisotopic (exact) mass is 376 g/mol. The number of carboxylic acids is 2. The van der Waals surface area contributed by atoms with Crippen LogP contribution in [0.2, 0.25) is 0 Å². The molecule has 2 heterocycles. The standard InChI is InChI=1S/C12H8N2.2C2H4O2.Ni.H2O/c1-3-9-5-6-10-4-2-8-14-12(10)11(9)13-7-1;2*1-2(3)4;;/h1-8H;2*1H3,(H,3,4);;1H2. The molecular formula is C16H18N2NiO5. The molecule has 24 heavy (non-hydrogen) atoms. The van der Waals surface area contributed by atoms with E-state index in [0.717, 1.165) is 35.7 Å². The fraction of sp³-hybridized carbons (Fsp3) is 0.125. The molecule has 0 radical (unpaired) electrons. The number of aliphatic carboxylic acids is 2.